The van der Waals surface area contributed by atoms with E-state index < -0.39 is 11.6 Å². The molecule has 1 N–H and O–H groups in total. The van der Waals surface area contributed by atoms with Gasteiger partial charge in [0.2, 0.25) is 5.89 Å². The number of imide groups is 1. The number of nitrogens with zero attached hydrogens (tertiary/aromatic N) is 3. The first-order valence-electron chi connectivity index (χ1n) is 7.65. The molecule has 2 aromatic rings. The van der Waals surface area contributed by atoms with Crippen LogP contribution >= 0.6 is 11.6 Å². The van der Waals surface area contributed by atoms with Gasteiger partial charge in [-0.15, -0.1) is 0 Å². The van der Waals surface area contributed by atoms with E-state index in [0.717, 1.165) is 11.3 Å². The van der Waals surface area contributed by atoms with Crippen LogP contribution in [0.2, 0.25) is 5.02 Å². The van der Waals surface area contributed by atoms with Gasteiger partial charge in [-0.2, -0.15) is 4.98 Å². The predicted molar refractivity (Wildman–Crippen MR) is 86.2 cm³/mol. The lowest BCUT2D eigenvalue weighted by atomic mass is 9.92. The van der Waals surface area contributed by atoms with Crippen molar-refractivity contribution in [3.8, 4) is 0 Å². The molecule has 126 valence electrons. The molecule has 0 spiro atoms. The Bertz CT molecular complexity index is 774. The van der Waals surface area contributed by atoms with Gasteiger partial charge in [-0.3, -0.25) is 9.69 Å². The summed E-state index contributed by atoms with van der Waals surface area (Å²) in [5.74, 6) is 0.437. The van der Waals surface area contributed by atoms with Crippen LogP contribution in [-0.2, 0) is 23.3 Å². The lowest BCUT2D eigenvalue weighted by Crippen LogP contribution is -2.40. The maximum atomic E-state index is 12.8. The standard InChI is InChI=1S/C16H17ClN4O3/c1-3-4-12-18-13(24-20-12)9-21-14(22)16(2,19-15(21)23)10-5-7-11(17)8-6-10/h5-8H,3-4,9H2,1-2H3,(H,19,23)/t16-/m1/s1. The second-order valence-electron chi connectivity index (χ2n) is 5.81. The van der Waals surface area contributed by atoms with E-state index in [2.05, 4.69) is 15.5 Å². The Hall–Kier alpha value is -2.41. The summed E-state index contributed by atoms with van der Waals surface area (Å²) in [6.45, 7) is 3.61. The van der Waals surface area contributed by atoms with Gasteiger partial charge in [0.05, 0.1) is 0 Å². The second-order valence-corrected chi connectivity index (χ2v) is 6.24. The normalized spacial score (nSPS) is 20.5. The molecule has 1 aromatic carbocycles. The van der Waals surface area contributed by atoms with Crippen molar-refractivity contribution in [1.82, 2.24) is 20.4 Å². The van der Waals surface area contributed by atoms with E-state index in [-0.39, 0.29) is 18.3 Å². The van der Waals surface area contributed by atoms with Crippen LogP contribution in [0.3, 0.4) is 0 Å². The van der Waals surface area contributed by atoms with Crippen LogP contribution in [0.4, 0.5) is 4.79 Å². The molecular formula is C16H17ClN4O3. The molecule has 0 bridgehead atoms. The summed E-state index contributed by atoms with van der Waals surface area (Å²) >= 11 is 5.88. The first-order valence-corrected chi connectivity index (χ1v) is 8.03. The highest BCUT2D eigenvalue weighted by Gasteiger charge is 2.49. The zero-order valence-electron chi connectivity index (χ0n) is 13.4. The highest BCUT2D eigenvalue weighted by atomic mass is 35.5. The lowest BCUT2D eigenvalue weighted by Gasteiger charge is -2.22. The number of amides is 3. The van der Waals surface area contributed by atoms with Gasteiger partial charge in [0.25, 0.3) is 5.91 Å². The van der Waals surface area contributed by atoms with E-state index in [4.69, 9.17) is 16.1 Å². The number of hydrogen-bond acceptors (Lipinski definition) is 5. The van der Waals surface area contributed by atoms with Crippen LogP contribution in [0.25, 0.3) is 0 Å². The minimum absolute atomic E-state index is 0.0510. The van der Waals surface area contributed by atoms with Crippen molar-refractivity contribution in [2.75, 3.05) is 0 Å². The highest BCUT2D eigenvalue weighted by Crippen LogP contribution is 2.30. The number of aryl methyl sites for hydroxylation is 1. The number of nitrogens with one attached hydrogen (secondary N) is 1. The van der Waals surface area contributed by atoms with Crippen molar-refractivity contribution >= 4 is 23.5 Å². The van der Waals surface area contributed by atoms with Gasteiger partial charge in [0, 0.05) is 11.4 Å². The summed E-state index contributed by atoms with van der Waals surface area (Å²) in [5, 5.41) is 7.11. The second kappa shape index (κ2) is 6.24. The molecular weight excluding hydrogens is 332 g/mol. The van der Waals surface area contributed by atoms with E-state index in [9.17, 15) is 9.59 Å². The van der Waals surface area contributed by atoms with Gasteiger partial charge in [0.1, 0.15) is 12.1 Å². The Kier molecular flexibility index (Phi) is 4.28. The first-order chi connectivity index (χ1) is 11.4. The van der Waals surface area contributed by atoms with Crippen molar-refractivity contribution in [2.24, 2.45) is 0 Å². The minimum atomic E-state index is -1.14. The molecule has 1 atom stereocenters. The molecule has 3 amide bonds. The summed E-state index contributed by atoms with van der Waals surface area (Å²) in [6.07, 6.45) is 1.57. The maximum absolute atomic E-state index is 12.8. The molecule has 2 heterocycles. The monoisotopic (exact) mass is 348 g/mol. The third kappa shape index (κ3) is 2.87. The molecule has 0 radical (unpaired) electrons. The Morgan fingerprint density at radius 1 is 1.29 bits per heavy atom. The van der Waals surface area contributed by atoms with Crippen molar-refractivity contribution in [3.05, 3.63) is 46.6 Å². The van der Waals surface area contributed by atoms with Crippen molar-refractivity contribution < 1.29 is 14.1 Å². The molecule has 1 fully saturated rings. The quantitative estimate of drug-likeness (QED) is 0.839. The maximum Gasteiger partial charge on any atom is 0.325 e. The summed E-state index contributed by atoms with van der Waals surface area (Å²) in [7, 11) is 0. The molecule has 0 saturated carbocycles. The third-order valence-corrected chi connectivity index (χ3v) is 4.23. The Morgan fingerprint density at radius 3 is 2.67 bits per heavy atom. The van der Waals surface area contributed by atoms with Gasteiger partial charge in [-0.1, -0.05) is 35.8 Å². The number of carbonyl (C=O) groups excluding carboxylic acids is 2. The number of benzene rings is 1. The van der Waals surface area contributed by atoms with Crippen LogP contribution in [0.1, 0.15) is 37.5 Å². The third-order valence-electron chi connectivity index (χ3n) is 3.97. The largest absolute Gasteiger partial charge is 0.337 e. The number of hydrogen-bond donors (Lipinski definition) is 1. The summed E-state index contributed by atoms with van der Waals surface area (Å²) in [4.78, 5) is 30.3. The molecule has 0 unspecified atom stereocenters. The Labute approximate surface area is 144 Å². The van der Waals surface area contributed by atoms with Crippen LogP contribution in [0.15, 0.2) is 28.8 Å². The zero-order valence-corrected chi connectivity index (χ0v) is 14.1. The molecule has 1 aromatic heterocycles. The van der Waals surface area contributed by atoms with E-state index >= 15 is 0 Å². The van der Waals surface area contributed by atoms with Crippen molar-refractivity contribution in [2.45, 2.75) is 38.8 Å². The van der Waals surface area contributed by atoms with E-state index in [0.29, 0.717) is 22.8 Å². The molecule has 1 saturated heterocycles. The molecule has 1 aliphatic heterocycles. The molecule has 24 heavy (non-hydrogen) atoms. The van der Waals surface area contributed by atoms with E-state index in [1.165, 1.54) is 0 Å². The molecule has 8 heteroatoms. The highest BCUT2D eigenvalue weighted by molar-refractivity contribution is 6.30. The first kappa shape index (κ1) is 16.4. The number of urea groups is 1. The zero-order chi connectivity index (χ0) is 17.3. The van der Waals surface area contributed by atoms with Crippen LogP contribution in [0, 0.1) is 0 Å². The molecule has 7 nitrogen and oxygen atoms in total. The smallest absolute Gasteiger partial charge is 0.325 e. The molecule has 1 aliphatic rings. The summed E-state index contributed by atoms with van der Waals surface area (Å²) in [5.41, 5.74) is -0.488. The van der Waals surface area contributed by atoms with Crippen LogP contribution < -0.4 is 5.32 Å². The fourth-order valence-electron chi connectivity index (χ4n) is 2.63. The van der Waals surface area contributed by atoms with Gasteiger partial charge in [0.15, 0.2) is 5.82 Å². The van der Waals surface area contributed by atoms with Crippen molar-refractivity contribution in [1.29, 1.82) is 0 Å². The average Bonchev–Trinajstić information content (AvgIpc) is 3.07. The lowest BCUT2D eigenvalue weighted by molar-refractivity contribution is -0.131. The minimum Gasteiger partial charge on any atom is -0.337 e. The Morgan fingerprint density at radius 2 is 2.00 bits per heavy atom. The number of carbonyl (C=O) groups is 2. The fourth-order valence-corrected chi connectivity index (χ4v) is 2.76. The van der Waals surface area contributed by atoms with Gasteiger partial charge in [-0.05, 0) is 31.0 Å². The van der Waals surface area contributed by atoms with E-state index in [1.807, 2.05) is 6.92 Å². The fraction of sp³-hybridized carbons (Fsp3) is 0.375. The summed E-state index contributed by atoms with van der Waals surface area (Å²) < 4.78 is 5.11. The molecule has 3 rings (SSSR count). The van der Waals surface area contributed by atoms with Crippen LogP contribution in [-0.4, -0.2) is 27.0 Å². The number of rotatable bonds is 5. The SMILES string of the molecule is CCCc1noc(CN2C(=O)N[C@](C)(c3ccc(Cl)cc3)C2=O)n1. The van der Waals surface area contributed by atoms with Crippen LogP contribution in [0.5, 0.6) is 0 Å². The number of halogens is 1. The Balaban J connectivity index is 1.81. The topological polar surface area (TPSA) is 88.3 Å². The molecule has 0 aliphatic carbocycles. The van der Waals surface area contributed by atoms with Gasteiger partial charge < -0.3 is 9.84 Å². The number of aromatic nitrogens is 2. The summed E-state index contributed by atoms with van der Waals surface area (Å²) in [6, 6.07) is 6.30. The predicted octanol–water partition coefficient (Wildman–Crippen LogP) is 2.64. The average molecular weight is 349 g/mol. The van der Waals surface area contributed by atoms with Crippen molar-refractivity contribution in [3.63, 3.8) is 0 Å². The van der Waals surface area contributed by atoms with Gasteiger partial charge in [-0.25, -0.2) is 4.79 Å². The van der Waals surface area contributed by atoms with E-state index in [1.54, 1.807) is 31.2 Å². The van der Waals surface area contributed by atoms with Gasteiger partial charge >= 0.3 is 6.03 Å².